The molecule has 7 nitrogen and oxygen atoms in total. The molecule has 3 heterocycles. The fourth-order valence-electron chi connectivity index (χ4n) is 2.90. The van der Waals surface area contributed by atoms with Crippen molar-refractivity contribution >= 4 is 22.4 Å². The molecule has 1 amide bonds. The molecule has 0 radical (unpaired) electrons. The maximum Gasteiger partial charge on any atom is 0.248 e. The molecule has 1 spiro atoms. The van der Waals surface area contributed by atoms with Crippen LogP contribution in [0.5, 0.6) is 0 Å². The maximum atomic E-state index is 12.1. The lowest BCUT2D eigenvalue weighted by molar-refractivity contribution is -0.160. The summed E-state index contributed by atoms with van der Waals surface area (Å²) in [6, 6.07) is 0. The lowest BCUT2D eigenvalue weighted by atomic mass is 10.0. The number of methoxy groups -OCH3 is 1. The van der Waals surface area contributed by atoms with Gasteiger partial charge in [0.05, 0.1) is 32.9 Å². The third-order valence-corrected chi connectivity index (χ3v) is 4.74. The maximum absolute atomic E-state index is 12.1. The fraction of sp³-hybridized carbons (Fsp3) is 0.714. The van der Waals surface area contributed by atoms with E-state index in [1.807, 2.05) is 10.3 Å². The van der Waals surface area contributed by atoms with Gasteiger partial charge in [0.25, 0.3) is 0 Å². The lowest BCUT2D eigenvalue weighted by Crippen LogP contribution is -2.60. The number of hydrogen-bond donors (Lipinski definition) is 0. The summed E-state index contributed by atoms with van der Waals surface area (Å²) in [4.78, 5) is 20.5. The van der Waals surface area contributed by atoms with Gasteiger partial charge in [0.1, 0.15) is 12.2 Å². The molecule has 2 aliphatic rings. The van der Waals surface area contributed by atoms with Crippen molar-refractivity contribution in [3.05, 3.63) is 11.6 Å². The molecule has 2 fully saturated rings. The van der Waals surface area contributed by atoms with Crippen LogP contribution in [0.15, 0.2) is 11.6 Å². The van der Waals surface area contributed by atoms with Gasteiger partial charge in [-0.3, -0.25) is 4.79 Å². The molecule has 0 aromatic carbocycles. The van der Waals surface area contributed by atoms with Gasteiger partial charge >= 0.3 is 0 Å². The summed E-state index contributed by atoms with van der Waals surface area (Å²) in [5.41, 5.74) is -0.496. The van der Waals surface area contributed by atoms with Crippen LogP contribution >= 0.6 is 11.3 Å². The Morgan fingerprint density at radius 2 is 2.36 bits per heavy atom. The second-order valence-corrected chi connectivity index (χ2v) is 6.44. The summed E-state index contributed by atoms with van der Waals surface area (Å²) in [6.07, 6.45) is 1.80. The first-order valence-electron chi connectivity index (χ1n) is 7.35. The monoisotopic (exact) mass is 327 g/mol. The van der Waals surface area contributed by atoms with Crippen molar-refractivity contribution in [2.75, 3.05) is 64.6 Å². The van der Waals surface area contributed by atoms with Crippen LogP contribution in [0.25, 0.3) is 0 Å². The number of thiazole rings is 1. The number of ether oxygens (including phenoxy) is 3. The van der Waals surface area contributed by atoms with Crippen molar-refractivity contribution in [1.29, 1.82) is 0 Å². The molecule has 122 valence electrons. The largest absolute Gasteiger partial charge is 0.376 e. The number of hydrogen-bond acceptors (Lipinski definition) is 7. The SMILES string of the molecule is COCC(=O)N1CCOC2(COCCN(c3nccs3)C2)C1. The molecule has 0 bridgehead atoms. The number of aromatic nitrogens is 1. The van der Waals surface area contributed by atoms with E-state index in [2.05, 4.69) is 9.88 Å². The molecule has 22 heavy (non-hydrogen) atoms. The first-order chi connectivity index (χ1) is 10.7. The van der Waals surface area contributed by atoms with Gasteiger partial charge < -0.3 is 24.0 Å². The second-order valence-electron chi connectivity index (χ2n) is 5.57. The van der Waals surface area contributed by atoms with Crippen molar-refractivity contribution < 1.29 is 19.0 Å². The summed E-state index contributed by atoms with van der Waals surface area (Å²) in [5.74, 6) is -0.00443. The molecule has 1 atom stereocenters. The van der Waals surface area contributed by atoms with Crippen LogP contribution in [0.1, 0.15) is 0 Å². The summed E-state index contributed by atoms with van der Waals surface area (Å²) in [5, 5.41) is 2.93. The summed E-state index contributed by atoms with van der Waals surface area (Å²) in [6.45, 7) is 4.33. The molecular formula is C14H21N3O4S. The predicted molar refractivity (Wildman–Crippen MR) is 82.3 cm³/mol. The number of rotatable bonds is 3. The molecule has 1 aromatic heterocycles. The fourth-order valence-corrected chi connectivity index (χ4v) is 3.57. The molecular weight excluding hydrogens is 306 g/mol. The van der Waals surface area contributed by atoms with Gasteiger partial charge in [-0.2, -0.15) is 0 Å². The molecule has 0 aliphatic carbocycles. The van der Waals surface area contributed by atoms with Crippen LogP contribution < -0.4 is 4.90 Å². The molecule has 0 saturated carbocycles. The molecule has 8 heteroatoms. The van der Waals surface area contributed by atoms with Gasteiger partial charge in [0, 0.05) is 31.8 Å². The van der Waals surface area contributed by atoms with Gasteiger partial charge in [0.2, 0.25) is 5.91 Å². The highest BCUT2D eigenvalue weighted by Crippen LogP contribution is 2.27. The highest BCUT2D eigenvalue weighted by Gasteiger charge is 2.42. The number of carbonyl (C=O) groups excluding carboxylic acids is 1. The molecule has 2 aliphatic heterocycles. The van der Waals surface area contributed by atoms with Crippen LogP contribution in [-0.2, 0) is 19.0 Å². The Hall–Kier alpha value is -1.22. The first-order valence-corrected chi connectivity index (χ1v) is 8.23. The van der Waals surface area contributed by atoms with Crippen LogP contribution in [-0.4, -0.2) is 81.1 Å². The minimum Gasteiger partial charge on any atom is -0.376 e. The van der Waals surface area contributed by atoms with Crippen molar-refractivity contribution in [3.8, 4) is 0 Å². The van der Waals surface area contributed by atoms with Gasteiger partial charge in [-0.1, -0.05) is 0 Å². The number of morpholine rings is 1. The topological polar surface area (TPSA) is 64.1 Å². The van der Waals surface area contributed by atoms with E-state index in [0.717, 1.165) is 11.7 Å². The Bertz CT molecular complexity index is 498. The van der Waals surface area contributed by atoms with Gasteiger partial charge in [-0.05, 0) is 0 Å². The third kappa shape index (κ3) is 3.40. The van der Waals surface area contributed by atoms with E-state index in [1.54, 1.807) is 17.5 Å². The summed E-state index contributed by atoms with van der Waals surface area (Å²) < 4.78 is 16.7. The van der Waals surface area contributed by atoms with Gasteiger partial charge in [0.15, 0.2) is 5.13 Å². The molecule has 3 rings (SSSR count). The first kappa shape index (κ1) is 15.7. The number of anilines is 1. The van der Waals surface area contributed by atoms with E-state index < -0.39 is 5.60 Å². The van der Waals surface area contributed by atoms with Crippen molar-refractivity contribution in [1.82, 2.24) is 9.88 Å². The molecule has 1 unspecified atom stereocenters. The Morgan fingerprint density at radius 1 is 1.45 bits per heavy atom. The third-order valence-electron chi connectivity index (χ3n) is 3.91. The second kappa shape index (κ2) is 6.91. The highest BCUT2D eigenvalue weighted by atomic mass is 32.1. The number of carbonyl (C=O) groups is 1. The zero-order valence-corrected chi connectivity index (χ0v) is 13.5. The standard InChI is InChI=1S/C14H21N3O4S/c1-19-8-12(18)16-4-6-21-14(9-16)10-17(3-5-20-11-14)13-15-2-7-22-13/h2,7H,3-6,8-11H2,1H3. The summed E-state index contributed by atoms with van der Waals surface area (Å²) >= 11 is 1.60. The Morgan fingerprint density at radius 3 is 3.14 bits per heavy atom. The van der Waals surface area contributed by atoms with Crippen LogP contribution in [0.4, 0.5) is 5.13 Å². The smallest absolute Gasteiger partial charge is 0.248 e. The quantitative estimate of drug-likeness (QED) is 0.792. The highest BCUT2D eigenvalue weighted by molar-refractivity contribution is 7.13. The van der Waals surface area contributed by atoms with Crippen molar-refractivity contribution in [2.24, 2.45) is 0 Å². The van der Waals surface area contributed by atoms with Crippen LogP contribution in [0.2, 0.25) is 0 Å². The Labute approximate surface area is 133 Å². The Balaban J connectivity index is 1.73. The van der Waals surface area contributed by atoms with Crippen molar-refractivity contribution in [3.63, 3.8) is 0 Å². The predicted octanol–water partition coefficient (Wildman–Crippen LogP) is 0.224. The minimum absolute atomic E-state index is 0.00443. The lowest BCUT2D eigenvalue weighted by Gasteiger charge is -2.43. The van der Waals surface area contributed by atoms with E-state index in [4.69, 9.17) is 14.2 Å². The zero-order chi connectivity index (χ0) is 15.4. The van der Waals surface area contributed by atoms with Crippen molar-refractivity contribution in [2.45, 2.75) is 5.60 Å². The number of nitrogens with zero attached hydrogens (tertiary/aromatic N) is 3. The van der Waals surface area contributed by atoms with Crippen LogP contribution in [0, 0.1) is 0 Å². The van der Waals surface area contributed by atoms with Gasteiger partial charge in [-0.15, -0.1) is 11.3 Å². The van der Waals surface area contributed by atoms with E-state index >= 15 is 0 Å². The normalized spacial score (nSPS) is 26.2. The number of amides is 1. The van der Waals surface area contributed by atoms with Gasteiger partial charge in [-0.25, -0.2) is 4.98 Å². The molecule has 1 aromatic rings. The average Bonchev–Trinajstić information content (AvgIpc) is 2.98. The summed E-state index contributed by atoms with van der Waals surface area (Å²) in [7, 11) is 1.53. The minimum atomic E-state index is -0.496. The van der Waals surface area contributed by atoms with E-state index in [0.29, 0.717) is 39.5 Å². The van der Waals surface area contributed by atoms with Crippen LogP contribution in [0.3, 0.4) is 0 Å². The Kier molecular flexibility index (Phi) is 4.92. The van der Waals surface area contributed by atoms with E-state index in [1.165, 1.54) is 7.11 Å². The average molecular weight is 327 g/mol. The zero-order valence-electron chi connectivity index (χ0n) is 12.7. The van der Waals surface area contributed by atoms with E-state index in [-0.39, 0.29) is 12.5 Å². The molecule has 0 N–H and O–H groups in total. The van der Waals surface area contributed by atoms with E-state index in [9.17, 15) is 4.79 Å². The molecule has 2 saturated heterocycles.